The van der Waals surface area contributed by atoms with Crippen LogP contribution in [0.2, 0.25) is 0 Å². The molecule has 0 radical (unpaired) electrons. The molecule has 0 N–H and O–H groups in total. The number of likely N-dealkylation sites (N-methyl/N-ethyl adjacent to an activating group) is 1. The van der Waals surface area contributed by atoms with Gasteiger partial charge in [-0.3, -0.25) is 9.69 Å². The second-order valence-electron chi connectivity index (χ2n) is 6.23. The Kier molecular flexibility index (Phi) is 4.68. The molecule has 0 saturated carbocycles. The lowest BCUT2D eigenvalue weighted by atomic mass is 10.1. The smallest absolute Gasteiger partial charge is 0.246 e. The molecule has 0 spiro atoms. The van der Waals surface area contributed by atoms with E-state index >= 15 is 0 Å². The van der Waals surface area contributed by atoms with Gasteiger partial charge >= 0.3 is 0 Å². The number of carbonyl (C=O) groups excluding carboxylic acids is 1. The zero-order valence-corrected chi connectivity index (χ0v) is 14.0. The lowest BCUT2D eigenvalue weighted by Crippen LogP contribution is -2.48. The number of amides is 1. The van der Waals surface area contributed by atoms with Gasteiger partial charge in [0.1, 0.15) is 5.75 Å². The SMILES string of the molecule is COc1ccccc1/C(C)=C/C(=O)N1C[C@H]2OCCN(C)[C@H]2C1. The Morgan fingerprint density at radius 2 is 2.13 bits per heavy atom. The van der Waals surface area contributed by atoms with Crippen LogP contribution in [0.25, 0.3) is 5.57 Å². The number of carbonyl (C=O) groups is 1. The van der Waals surface area contributed by atoms with Crippen molar-refractivity contribution in [1.29, 1.82) is 0 Å². The minimum Gasteiger partial charge on any atom is -0.496 e. The predicted octanol–water partition coefficient (Wildman–Crippen LogP) is 1.64. The van der Waals surface area contributed by atoms with Gasteiger partial charge in [-0.15, -0.1) is 0 Å². The molecule has 1 amide bonds. The van der Waals surface area contributed by atoms with Crippen LogP contribution in [0.4, 0.5) is 0 Å². The Hall–Kier alpha value is -1.85. The van der Waals surface area contributed by atoms with Gasteiger partial charge < -0.3 is 14.4 Å². The summed E-state index contributed by atoms with van der Waals surface area (Å²) in [6.45, 7) is 5.02. The van der Waals surface area contributed by atoms with Gasteiger partial charge in [0.2, 0.25) is 5.91 Å². The number of para-hydroxylation sites is 1. The van der Waals surface area contributed by atoms with Crippen LogP contribution < -0.4 is 4.74 Å². The third kappa shape index (κ3) is 3.26. The van der Waals surface area contributed by atoms with Gasteiger partial charge in [-0.25, -0.2) is 0 Å². The van der Waals surface area contributed by atoms with Crippen molar-refractivity contribution in [3.8, 4) is 5.75 Å². The van der Waals surface area contributed by atoms with E-state index in [0.717, 1.165) is 36.6 Å². The number of benzene rings is 1. The van der Waals surface area contributed by atoms with Gasteiger partial charge in [-0.05, 0) is 25.6 Å². The molecular weight excluding hydrogens is 292 g/mol. The summed E-state index contributed by atoms with van der Waals surface area (Å²) in [7, 11) is 3.75. The van der Waals surface area contributed by atoms with Gasteiger partial charge in [0, 0.05) is 31.3 Å². The molecule has 124 valence electrons. The summed E-state index contributed by atoms with van der Waals surface area (Å²) >= 11 is 0. The lowest BCUT2D eigenvalue weighted by molar-refractivity contribution is -0.125. The first-order valence-corrected chi connectivity index (χ1v) is 8.02. The first-order chi connectivity index (χ1) is 11.1. The topological polar surface area (TPSA) is 42.0 Å². The first kappa shape index (κ1) is 16.0. The van der Waals surface area contributed by atoms with Crippen LogP contribution in [0.1, 0.15) is 12.5 Å². The number of fused-ring (bicyclic) bond motifs is 1. The molecule has 2 fully saturated rings. The van der Waals surface area contributed by atoms with Crippen LogP contribution in [-0.4, -0.2) is 68.3 Å². The van der Waals surface area contributed by atoms with Gasteiger partial charge in [-0.2, -0.15) is 0 Å². The van der Waals surface area contributed by atoms with Crippen LogP contribution in [0.3, 0.4) is 0 Å². The van der Waals surface area contributed by atoms with Crippen molar-refractivity contribution >= 4 is 11.5 Å². The number of hydrogen-bond acceptors (Lipinski definition) is 4. The van der Waals surface area contributed by atoms with Crippen LogP contribution >= 0.6 is 0 Å². The predicted molar refractivity (Wildman–Crippen MR) is 89.4 cm³/mol. The Labute approximate surface area is 137 Å². The van der Waals surface area contributed by atoms with E-state index in [9.17, 15) is 4.79 Å². The summed E-state index contributed by atoms with van der Waals surface area (Å²) in [5, 5.41) is 0. The average molecular weight is 316 g/mol. The lowest BCUT2D eigenvalue weighted by Gasteiger charge is -2.33. The molecule has 0 unspecified atom stereocenters. The fourth-order valence-electron chi connectivity index (χ4n) is 3.36. The molecule has 3 rings (SSSR count). The van der Waals surface area contributed by atoms with Crippen LogP contribution in [0, 0.1) is 0 Å². The van der Waals surface area contributed by atoms with Crippen LogP contribution in [0.5, 0.6) is 5.75 Å². The maximum absolute atomic E-state index is 12.6. The van der Waals surface area contributed by atoms with Crippen molar-refractivity contribution < 1.29 is 14.3 Å². The molecule has 23 heavy (non-hydrogen) atoms. The normalized spacial score (nSPS) is 25.3. The Morgan fingerprint density at radius 3 is 2.87 bits per heavy atom. The summed E-state index contributed by atoms with van der Waals surface area (Å²) < 4.78 is 11.2. The van der Waals surface area contributed by atoms with E-state index in [-0.39, 0.29) is 12.0 Å². The molecule has 5 nitrogen and oxygen atoms in total. The summed E-state index contributed by atoms with van der Waals surface area (Å²) in [5.74, 6) is 0.826. The summed E-state index contributed by atoms with van der Waals surface area (Å²) in [6, 6.07) is 8.07. The molecule has 0 aromatic heterocycles. The molecule has 1 aromatic rings. The number of allylic oxidation sites excluding steroid dienone is 1. The van der Waals surface area contributed by atoms with Crippen molar-refractivity contribution in [2.75, 3.05) is 40.4 Å². The number of ether oxygens (including phenoxy) is 2. The highest BCUT2D eigenvalue weighted by molar-refractivity contribution is 5.95. The van der Waals surface area contributed by atoms with Gasteiger partial charge in [-0.1, -0.05) is 18.2 Å². The van der Waals surface area contributed by atoms with E-state index < -0.39 is 0 Å². The van der Waals surface area contributed by atoms with Gasteiger partial charge in [0.25, 0.3) is 0 Å². The average Bonchev–Trinajstić information content (AvgIpc) is 3.00. The van der Waals surface area contributed by atoms with Crippen molar-refractivity contribution in [2.45, 2.75) is 19.1 Å². The molecule has 5 heteroatoms. The Bertz CT molecular complexity index is 614. The molecule has 2 saturated heterocycles. The number of rotatable bonds is 3. The van der Waals surface area contributed by atoms with Crippen molar-refractivity contribution in [2.24, 2.45) is 0 Å². The van der Waals surface area contributed by atoms with Crippen LogP contribution in [-0.2, 0) is 9.53 Å². The molecule has 0 aliphatic carbocycles. The number of methoxy groups -OCH3 is 1. The third-order valence-corrected chi connectivity index (χ3v) is 4.76. The van der Waals surface area contributed by atoms with E-state index in [0.29, 0.717) is 12.6 Å². The van der Waals surface area contributed by atoms with Gasteiger partial charge in [0.05, 0.1) is 25.9 Å². The molecule has 2 atom stereocenters. The molecule has 2 aliphatic heterocycles. The van der Waals surface area contributed by atoms with E-state index in [2.05, 4.69) is 11.9 Å². The van der Waals surface area contributed by atoms with E-state index in [1.54, 1.807) is 13.2 Å². The molecule has 2 aliphatic rings. The second kappa shape index (κ2) is 6.72. The number of nitrogens with zero attached hydrogens (tertiary/aromatic N) is 2. The number of hydrogen-bond donors (Lipinski definition) is 0. The zero-order chi connectivity index (χ0) is 16.4. The third-order valence-electron chi connectivity index (χ3n) is 4.76. The molecular formula is C18H24N2O3. The highest BCUT2D eigenvalue weighted by Crippen LogP contribution is 2.26. The van der Waals surface area contributed by atoms with Crippen molar-refractivity contribution in [3.63, 3.8) is 0 Å². The minimum absolute atomic E-state index is 0.0415. The molecule has 0 bridgehead atoms. The number of likely N-dealkylation sites (tertiary alicyclic amines) is 1. The van der Waals surface area contributed by atoms with Gasteiger partial charge in [0.15, 0.2) is 0 Å². The second-order valence-corrected chi connectivity index (χ2v) is 6.23. The molecule has 2 heterocycles. The summed E-state index contributed by atoms with van der Waals surface area (Å²) in [6.07, 6.45) is 1.84. The Morgan fingerprint density at radius 1 is 1.35 bits per heavy atom. The van der Waals surface area contributed by atoms with Crippen molar-refractivity contribution in [3.05, 3.63) is 35.9 Å². The highest BCUT2D eigenvalue weighted by Gasteiger charge is 2.39. The highest BCUT2D eigenvalue weighted by atomic mass is 16.5. The van der Waals surface area contributed by atoms with E-state index in [1.165, 1.54) is 0 Å². The fraction of sp³-hybridized carbons (Fsp3) is 0.500. The minimum atomic E-state index is 0.0415. The zero-order valence-electron chi connectivity index (χ0n) is 14.0. The number of morpholine rings is 1. The monoisotopic (exact) mass is 316 g/mol. The van der Waals surface area contributed by atoms with E-state index in [4.69, 9.17) is 9.47 Å². The maximum Gasteiger partial charge on any atom is 0.246 e. The van der Waals surface area contributed by atoms with E-state index in [1.807, 2.05) is 36.1 Å². The summed E-state index contributed by atoms with van der Waals surface area (Å²) in [4.78, 5) is 16.8. The van der Waals surface area contributed by atoms with Crippen molar-refractivity contribution in [1.82, 2.24) is 9.80 Å². The fourth-order valence-corrected chi connectivity index (χ4v) is 3.36. The quantitative estimate of drug-likeness (QED) is 0.795. The molecule has 1 aromatic carbocycles. The van der Waals surface area contributed by atoms with Crippen LogP contribution in [0.15, 0.2) is 30.3 Å². The first-order valence-electron chi connectivity index (χ1n) is 8.02. The Balaban J connectivity index is 1.73. The standard InChI is InChI=1S/C18H24N2O3/c1-13(14-6-4-5-7-16(14)22-3)10-18(21)20-11-15-17(12-20)23-9-8-19(15)2/h4-7,10,15,17H,8-9,11-12H2,1-3H3/b13-10+/t15-,17+/m0/s1. The largest absolute Gasteiger partial charge is 0.496 e. The maximum atomic E-state index is 12.6. The summed E-state index contributed by atoms with van der Waals surface area (Å²) in [5.41, 5.74) is 1.87.